The Kier molecular flexibility index (Phi) is 6.63. The van der Waals surface area contributed by atoms with E-state index in [9.17, 15) is 0 Å². The zero-order valence-electron chi connectivity index (χ0n) is 17.0. The summed E-state index contributed by atoms with van der Waals surface area (Å²) in [5.74, 6) is 0. The SMILES string of the molecule is CC[C@H](C)N(Cc1cn(CC)c2ccccc12)C(=S)Nc1ccc(C)c(Cl)c1. The van der Waals surface area contributed by atoms with Crippen molar-refractivity contribution in [3.63, 3.8) is 0 Å². The predicted octanol–water partition coefficient (Wildman–Crippen LogP) is 6.62. The van der Waals surface area contributed by atoms with E-state index in [0.29, 0.717) is 6.04 Å². The Morgan fingerprint density at radius 2 is 1.96 bits per heavy atom. The first kappa shape index (κ1) is 20.7. The number of hydrogen-bond acceptors (Lipinski definition) is 1. The maximum absolute atomic E-state index is 6.28. The summed E-state index contributed by atoms with van der Waals surface area (Å²) in [4.78, 5) is 2.27. The molecule has 3 rings (SSSR count). The van der Waals surface area contributed by atoms with E-state index in [1.807, 2.05) is 25.1 Å². The van der Waals surface area contributed by atoms with Crippen LogP contribution in [-0.2, 0) is 13.1 Å². The van der Waals surface area contributed by atoms with Crippen LogP contribution >= 0.6 is 23.8 Å². The third-order valence-corrected chi connectivity index (χ3v) is 6.10. The first-order chi connectivity index (χ1) is 13.4. The lowest BCUT2D eigenvalue weighted by Gasteiger charge is -2.31. The van der Waals surface area contributed by atoms with Crippen LogP contribution < -0.4 is 5.32 Å². The van der Waals surface area contributed by atoms with Gasteiger partial charge in [0.1, 0.15) is 0 Å². The summed E-state index contributed by atoms with van der Waals surface area (Å²) in [5, 5.41) is 6.14. The second-order valence-corrected chi connectivity index (χ2v) is 8.03. The van der Waals surface area contributed by atoms with Gasteiger partial charge in [0, 0.05) is 46.9 Å². The molecule has 1 atom stereocenters. The number of nitrogens with one attached hydrogen (secondary N) is 1. The number of fused-ring (bicyclic) bond motifs is 1. The van der Waals surface area contributed by atoms with Crippen LogP contribution in [0.2, 0.25) is 5.02 Å². The van der Waals surface area contributed by atoms with E-state index >= 15 is 0 Å². The van der Waals surface area contributed by atoms with Gasteiger partial charge in [-0.15, -0.1) is 0 Å². The molecule has 0 spiro atoms. The highest BCUT2D eigenvalue weighted by atomic mass is 35.5. The molecule has 0 fully saturated rings. The summed E-state index contributed by atoms with van der Waals surface area (Å²) in [7, 11) is 0. The number of aryl methyl sites for hydroxylation is 2. The van der Waals surface area contributed by atoms with Gasteiger partial charge in [-0.1, -0.05) is 42.8 Å². The number of benzene rings is 2. The number of thiocarbonyl (C=S) groups is 1. The molecular formula is C23H28ClN3S. The maximum atomic E-state index is 6.28. The Morgan fingerprint density at radius 1 is 1.21 bits per heavy atom. The van der Waals surface area contributed by atoms with Crippen molar-refractivity contribution in [2.45, 2.75) is 53.2 Å². The Hall–Kier alpha value is -2.04. The summed E-state index contributed by atoms with van der Waals surface area (Å²) >= 11 is 12.1. The molecule has 0 saturated carbocycles. The van der Waals surface area contributed by atoms with Crippen molar-refractivity contribution in [1.82, 2.24) is 9.47 Å². The minimum atomic E-state index is 0.324. The van der Waals surface area contributed by atoms with Crippen LogP contribution in [0.5, 0.6) is 0 Å². The van der Waals surface area contributed by atoms with Crippen molar-refractivity contribution >= 4 is 45.5 Å². The number of rotatable bonds is 6. The number of nitrogens with zero attached hydrogens (tertiary/aromatic N) is 2. The lowest BCUT2D eigenvalue weighted by molar-refractivity contribution is 0.320. The van der Waals surface area contributed by atoms with E-state index < -0.39 is 0 Å². The fraction of sp³-hybridized carbons (Fsp3) is 0.348. The van der Waals surface area contributed by atoms with Crippen molar-refractivity contribution in [2.75, 3.05) is 5.32 Å². The van der Waals surface area contributed by atoms with Crippen LogP contribution in [0.4, 0.5) is 5.69 Å². The Balaban J connectivity index is 1.88. The molecule has 1 heterocycles. The summed E-state index contributed by atoms with van der Waals surface area (Å²) in [5.41, 5.74) is 4.55. The van der Waals surface area contributed by atoms with E-state index in [0.717, 1.165) is 40.9 Å². The van der Waals surface area contributed by atoms with E-state index in [4.69, 9.17) is 23.8 Å². The quantitative estimate of drug-likeness (QED) is 0.458. The molecule has 0 aliphatic rings. The Bertz CT molecular complexity index is 979. The van der Waals surface area contributed by atoms with Gasteiger partial charge in [0.25, 0.3) is 0 Å². The molecule has 148 valence electrons. The van der Waals surface area contributed by atoms with Crippen LogP contribution in [0, 0.1) is 6.92 Å². The molecule has 5 heteroatoms. The number of aromatic nitrogens is 1. The highest BCUT2D eigenvalue weighted by Gasteiger charge is 2.19. The van der Waals surface area contributed by atoms with E-state index in [1.165, 1.54) is 16.5 Å². The van der Waals surface area contributed by atoms with Crippen LogP contribution in [0.3, 0.4) is 0 Å². The number of hydrogen-bond donors (Lipinski definition) is 1. The second kappa shape index (κ2) is 8.97. The molecular weight excluding hydrogens is 386 g/mol. The van der Waals surface area contributed by atoms with Crippen molar-refractivity contribution in [3.8, 4) is 0 Å². The molecule has 0 unspecified atom stereocenters. The number of para-hydroxylation sites is 1. The molecule has 3 aromatic rings. The number of anilines is 1. The monoisotopic (exact) mass is 413 g/mol. The molecule has 1 aromatic heterocycles. The predicted molar refractivity (Wildman–Crippen MR) is 125 cm³/mol. The summed E-state index contributed by atoms with van der Waals surface area (Å²) in [6.07, 6.45) is 3.27. The summed E-state index contributed by atoms with van der Waals surface area (Å²) < 4.78 is 2.30. The molecule has 2 aromatic carbocycles. The van der Waals surface area contributed by atoms with Crippen LogP contribution in [-0.4, -0.2) is 20.6 Å². The van der Waals surface area contributed by atoms with Crippen LogP contribution in [0.25, 0.3) is 10.9 Å². The molecule has 0 radical (unpaired) electrons. The van der Waals surface area contributed by atoms with Gasteiger partial charge in [-0.3, -0.25) is 0 Å². The Morgan fingerprint density at radius 3 is 2.64 bits per heavy atom. The van der Waals surface area contributed by atoms with Crippen molar-refractivity contribution in [3.05, 3.63) is 64.8 Å². The van der Waals surface area contributed by atoms with Crippen LogP contribution in [0.15, 0.2) is 48.7 Å². The minimum Gasteiger partial charge on any atom is -0.347 e. The van der Waals surface area contributed by atoms with E-state index in [-0.39, 0.29) is 0 Å². The third-order valence-electron chi connectivity index (χ3n) is 5.36. The van der Waals surface area contributed by atoms with Gasteiger partial charge >= 0.3 is 0 Å². The van der Waals surface area contributed by atoms with Gasteiger partial charge in [0.15, 0.2) is 5.11 Å². The van der Waals surface area contributed by atoms with Crippen molar-refractivity contribution in [2.24, 2.45) is 0 Å². The van der Waals surface area contributed by atoms with Gasteiger partial charge in [0.2, 0.25) is 0 Å². The second-order valence-electron chi connectivity index (χ2n) is 7.24. The first-order valence-corrected chi connectivity index (χ1v) is 10.6. The average Bonchev–Trinajstić information content (AvgIpc) is 3.06. The van der Waals surface area contributed by atoms with Crippen molar-refractivity contribution < 1.29 is 0 Å². The first-order valence-electron chi connectivity index (χ1n) is 9.85. The lowest BCUT2D eigenvalue weighted by atomic mass is 10.1. The summed E-state index contributed by atoms with van der Waals surface area (Å²) in [6, 6.07) is 14.9. The fourth-order valence-electron chi connectivity index (χ4n) is 3.41. The van der Waals surface area contributed by atoms with E-state index in [1.54, 1.807) is 0 Å². The van der Waals surface area contributed by atoms with E-state index in [2.05, 4.69) is 66.0 Å². The number of halogens is 1. The highest BCUT2D eigenvalue weighted by Crippen LogP contribution is 2.25. The van der Waals surface area contributed by atoms with Gasteiger partial charge < -0.3 is 14.8 Å². The maximum Gasteiger partial charge on any atom is 0.173 e. The molecule has 0 bridgehead atoms. The van der Waals surface area contributed by atoms with Gasteiger partial charge in [0.05, 0.1) is 0 Å². The van der Waals surface area contributed by atoms with Gasteiger partial charge in [-0.05, 0) is 68.7 Å². The van der Waals surface area contributed by atoms with Crippen LogP contribution in [0.1, 0.15) is 38.3 Å². The molecule has 0 aliphatic heterocycles. The summed E-state index contributed by atoms with van der Waals surface area (Å²) in [6.45, 7) is 10.3. The minimum absolute atomic E-state index is 0.324. The topological polar surface area (TPSA) is 20.2 Å². The molecule has 1 N–H and O–H groups in total. The Labute approximate surface area is 178 Å². The fourth-order valence-corrected chi connectivity index (χ4v) is 3.95. The lowest BCUT2D eigenvalue weighted by Crippen LogP contribution is -2.40. The third kappa shape index (κ3) is 4.34. The average molecular weight is 414 g/mol. The standard InChI is InChI=1S/C23H28ClN3S/c1-5-17(4)27(23(28)25-19-12-11-16(3)21(24)13-19)15-18-14-26(6-2)22-10-8-7-9-20(18)22/h7-14,17H,5-6,15H2,1-4H3,(H,25,28)/t17-/m0/s1. The molecule has 28 heavy (non-hydrogen) atoms. The zero-order chi connectivity index (χ0) is 20.3. The zero-order valence-corrected chi connectivity index (χ0v) is 18.6. The molecule has 3 nitrogen and oxygen atoms in total. The smallest absolute Gasteiger partial charge is 0.173 e. The van der Waals surface area contributed by atoms with Crippen molar-refractivity contribution in [1.29, 1.82) is 0 Å². The normalized spacial score (nSPS) is 12.2. The highest BCUT2D eigenvalue weighted by molar-refractivity contribution is 7.80. The molecule has 0 amide bonds. The molecule has 0 aliphatic carbocycles. The van der Waals surface area contributed by atoms with Gasteiger partial charge in [-0.2, -0.15) is 0 Å². The van der Waals surface area contributed by atoms with Gasteiger partial charge in [-0.25, -0.2) is 0 Å². The molecule has 0 saturated heterocycles. The largest absolute Gasteiger partial charge is 0.347 e.